The molecule has 4 heteroatoms. The minimum absolute atomic E-state index is 0.331. The Bertz CT molecular complexity index is 473. The molecule has 2 aliphatic heterocycles. The number of nitrogens with zero attached hydrogens (tertiary/aromatic N) is 1. The zero-order valence-electron chi connectivity index (χ0n) is 11.7. The molecule has 1 unspecified atom stereocenters. The summed E-state index contributed by atoms with van der Waals surface area (Å²) in [5.41, 5.74) is 7.48. The van der Waals surface area contributed by atoms with E-state index in [1.165, 1.54) is 12.1 Å². The van der Waals surface area contributed by atoms with Gasteiger partial charge in [0, 0.05) is 24.8 Å². The summed E-state index contributed by atoms with van der Waals surface area (Å²) in [7, 11) is 0. The largest absolute Gasteiger partial charge is 0.454 e. The van der Waals surface area contributed by atoms with Crippen LogP contribution in [0.3, 0.4) is 0 Å². The lowest BCUT2D eigenvalue weighted by Gasteiger charge is -2.44. The van der Waals surface area contributed by atoms with E-state index in [1.54, 1.807) is 0 Å². The van der Waals surface area contributed by atoms with Crippen LogP contribution in [0.2, 0.25) is 0 Å². The van der Waals surface area contributed by atoms with E-state index in [2.05, 4.69) is 30.9 Å². The lowest BCUT2D eigenvalue weighted by atomic mass is 9.73. The van der Waals surface area contributed by atoms with Crippen LogP contribution in [0.25, 0.3) is 0 Å². The number of benzene rings is 1. The molecular formula is C15H22N2O2. The van der Waals surface area contributed by atoms with Crippen LogP contribution in [0.4, 0.5) is 5.69 Å². The Labute approximate surface area is 114 Å². The lowest BCUT2D eigenvalue weighted by Crippen LogP contribution is -2.47. The highest BCUT2D eigenvalue weighted by Crippen LogP contribution is 2.40. The maximum absolute atomic E-state index is 5.94. The molecule has 4 nitrogen and oxygen atoms in total. The number of anilines is 1. The van der Waals surface area contributed by atoms with Gasteiger partial charge < -0.3 is 20.1 Å². The lowest BCUT2D eigenvalue weighted by molar-refractivity contribution is 0.173. The fourth-order valence-electron chi connectivity index (χ4n) is 2.94. The summed E-state index contributed by atoms with van der Waals surface area (Å²) in [5, 5.41) is 0. The van der Waals surface area contributed by atoms with E-state index in [1.807, 2.05) is 6.07 Å². The number of rotatable bonds is 2. The van der Waals surface area contributed by atoms with E-state index in [0.29, 0.717) is 18.1 Å². The standard InChI is InChI=1S/C15H22N2O2/c1-15(2)5-6-17(9-11(15)8-16)12-3-4-13-14(7-12)19-10-18-13/h3-4,7,11H,5-6,8-10,16H2,1-2H3. The molecule has 19 heavy (non-hydrogen) atoms. The van der Waals surface area contributed by atoms with Gasteiger partial charge in [0.25, 0.3) is 0 Å². The van der Waals surface area contributed by atoms with Crippen molar-refractivity contribution in [3.63, 3.8) is 0 Å². The topological polar surface area (TPSA) is 47.7 Å². The third kappa shape index (κ3) is 2.25. The molecule has 1 fully saturated rings. The van der Waals surface area contributed by atoms with Gasteiger partial charge >= 0.3 is 0 Å². The van der Waals surface area contributed by atoms with Gasteiger partial charge in [-0.2, -0.15) is 0 Å². The molecule has 0 aliphatic carbocycles. The fourth-order valence-corrected chi connectivity index (χ4v) is 2.94. The molecule has 1 atom stereocenters. The Morgan fingerprint density at radius 3 is 2.89 bits per heavy atom. The van der Waals surface area contributed by atoms with Gasteiger partial charge in [0.05, 0.1) is 0 Å². The predicted octanol–water partition coefficient (Wildman–Crippen LogP) is 2.23. The summed E-state index contributed by atoms with van der Waals surface area (Å²) in [5.74, 6) is 2.23. The average Bonchev–Trinajstić information content (AvgIpc) is 2.85. The van der Waals surface area contributed by atoms with Gasteiger partial charge in [-0.25, -0.2) is 0 Å². The number of ether oxygens (including phenoxy) is 2. The van der Waals surface area contributed by atoms with Gasteiger partial charge in [-0.3, -0.25) is 0 Å². The molecule has 0 spiro atoms. The van der Waals surface area contributed by atoms with Gasteiger partial charge in [0.15, 0.2) is 11.5 Å². The second-order valence-electron chi connectivity index (χ2n) is 6.15. The minimum atomic E-state index is 0.331. The molecule has 104 valence electrons. The van der Waals surface area contributed by atoms with Crippen molar-refractivity contribution in [3.8, 4) is 11.5 Å². The summed E-state index contributed by atoms with van der Waals surface area (Å²) in [6, 6.07) is 6.18. The quantitative estimate of drug-likeness (QED) is 0.888. The van der Waals surface area contributed by atoms with Crippen LogP contribution in [0.15, 0.2) is 18.2 Å². The van der Waals surface area contributed by atoms with Gasteiger partial charge in [-0.15, -0.1) is 0 Å². The summed E-state index contributed by atoms with van der Waals surface area (Å²) in [6.07, 6.45) is 1.17. The first-order valence-electron chi connectivity index (χ1n) is 6.95. The highest BCUT2D eigenvalue weighted by Gasteiger charge is 2.34. The van der Waals surface area contributed by atoms with Crippen molar-refractivity contribution < 1.29 is 9.47 Å². The molecule has 0 bridgehead atoms. The van der Waals surface area contributed by atoms with E-state index in [9.17, 15) is 0 Å². The maximum Gasteiger partial charge on any atom is 0.231 e. The third-order valence-electron chi connectivity index (χ3n) is 4.58. The normalized spacial score (nSPS) is 24.6. The van der Waals surface area contributed by atoms with E-state index in [0.717, 1.165) is 31.1 Å². The monoisotopic (exact) mass is 262 g/mol. The van der Waals surface area contributed by atoms with E-state index < -0.39 is 0 Å². The Morgan fingerprint density at radius 2 is 2.11 bits per heavy atom. The first-order chi connectivity index (χ1) is 9.10. The van der Waals surface area contributed by atoms with Crippen molar-refractivity contribution in [3.05, 3.63) is 18.2 Å². The second kappa shape index (κ2) is 4.60. The molecular weight excluding hydrogens is 240 g/mol. The predicted molar refractivity (Wildman–Crippen MR) is 75.7 cm³/mol. The number of fused-ring (bicyclic) bond motifs is 1. The molecule has 0 radical (unpaired) electrons. The van der Waals surface area contributed by atoms with Crippen molar-refractivity contribution in [2.75, 3.05) is 31.3 Å². The SMILES string of the molecule is CC1(C)CCN(c2ccc3c(c2)OCO3)CC1CN. The minimum Gasteiger partial charge on any atom is -0.454 e. The summed E-state index contributed by atoms with van der Waals surface area (Å²) in [6.45, 7) is 7.81. The van der Waals surface area contributed by atoms with Gasteiger partial charge in [-0.1, -0.05) is 13.8 Å². The van der Waals surface area contributed by atoms with Crippen molar-refractivity contribution in [2.24, 2.45) is 17.1 Å². The molecule has 0 saturated carbocycles. The molecule has 1 saturated heterocycles. The Hall–Kier alpha value is -1.42. The average molecular weight is 262 g/mol. The van der Waals surface area contributed by atoms with E-state index >= 15 is 0 Å². The Balaban J connectivity index is 1.80. The third-order valence-corrected chi connectivity index (χ3v) is 4.58. The van der Waals surface area contributed by atoms with Crippen molar-refractivity contribution in [1.29, 1.82) is 0 Å². The number of hydrogen-bond acceptors (Lipinski definition) is 4. The summed E-state index contributed by atoms with van der Waals surface area (Å²) in [4.78, 5) is 2.41. The van der Waals surface area contributed by atoms with Crippen LogP contribution < -0.4 is 20.1 Å². The summed E-state index contributed by atoms with van der Waals surface area (Å²) < 4.78 is 10.8. The van der Waals surface area contributed by atoms with E-state index in [-0.39, 0.29) is 0 Å². The van der Waals surface area contributed by atoms with Crippen LogP contribution in [-0.4, -0.2) is 26.4 Å². The highest BCUT2D eigenvalue weighted by molar-refractivity contribution is 5.57. The maximum atomic E-state index is 5.94. The van der Waals surface area contributed by atoms with Crippen LogP contribution >= 0.6 is 0 Å². The van der Waals surface area contributed by atoms with Crippen molar-refractivity contribution in [2.45, 2.75) is 20.3 Å². The number of piperidine rings is 1. The molecule has 0 aromatic heterocycles. The smallest absolute Gasteiger partial charge is 0.231 e. The zero-order chi connectivity index (χ0) is 13.5. The number of nitrogens with two attached hydrogens (primary N) is 1. The van der Waals surface area contributed by atoms with Gasteiger partial charge in [0.2, 0.25) is 6.79 Å². The Morgan fingerprint density at radius 1 is 1.32 bits per heavy atom. The van der Waals surface area contributed by atoms with Crippen molar-refractivity contribution >= 4 is 5.69 Å². The molecule has 2 N–H and O–H groups in total. The molecule has 2 aliphatic rings. The van der Waals surface area contributed by atoms with Crippen molar-refractivity contribution in [1.82, 2.24) is 0 Å². The highest BCUT2D eigenvalue weighted by atomic mass is 16.7. The first-order valence-corrected chi connectivity index (χ1v) is 6.95. The molecule has 3 rings (SSSR count). The molecule has 1 aromatic rings. The second-order valence-corrected chi connectivity index (χ2v) is 6.15. The van der Waals surface area contributed by atoms with Crippen LogP contribution in [0, 0.1) is 11.3 Å². The van der Waals surface area contributed by atoms with Gasteiger partial charge in [-0.05, 0) is 36.4 Å². The molecule has 0 amide bonds. The fraction of sp³-hybridized carbons (Fsp3) is 0.600. The van der Waals surface area contributed by atoms with E-state index in [4.69, 9.17) is 15.2 Å². The molecule has 1 aromatic carbocycles. The van der Waals surface area contributed by atoms with Crippen LogP contribution in [0.1, 0.15) is 20.3 Å². The van der Waals surface area contributed by atoms with Crippen LogP contribution in [-0.2, 0) is 0 Å². The summed E-state index contributed by atoms with van der Waals surface area (Å²) >= 11 is 0. The zero-order valence-corrected chi connectivity index (χ0v) is 11.7. The number of hydrogen-bond donors (Lipinski definition) is 1. The Kier molecular flexibility index (Phi) is 3.05. The van der Waals surface area contributed by atoms with Crippen LogP contribution in [0.5, 0.6) is 11.5 Å². The van der Waals surface area contributed by atoms with Gasteiger partial charge in [0.1, 0.15) is 0 Å². The first kappa shape index (κ1) is 12.6. The molecule has 2 heterocycles.